The molecule has 16 heavy (non-hydrogen) atoms. The summed E-state index contributed by atoms with van der Waals surface area (Å²) in [6.07, 6.45) is 6.58. The zero-order valence-electron chi connectivity index (χ0n) is 9.84. The molecule has 1 nitrogen and oxygen atoms in total. The normalized spacial score (nSPS) is 19.6. The van der Waals surface area contributed by atoms with Crippen molar-refractivity contribution in [2.75, 3.05) is 13.7 Å². The van der Waals surface area contributed by atoms with Crippen molar-refractivity contribution in [3.63, 3.8) is 0 Å². The molecule has 0 atom stereocenters. The molecule has 0 aromatic heterocycles. The summed E-state index contributed by atoms with van der Waals surface area (Å²) < 4.78 is 6.61. The first-order valence-electron chi connectivity index (χ1n) is 6.02. The fourth-order valence-corrected chi connectivity index (χ4v) is 3.09. The van der Waals surface area contributed by atoms with Crippen LogP contribution in [-0.4, -0.2) is 13.7 Å². The second kappa shape index (κ2) is 5.33. The quantitative estimate of drug-likeness (QED) is 0.803. The highest BCUT2D eigenvalue weighted by Gasteiger charge is 2.33. The largest absolute Gasteiger partial charge is 0.384 e. The van der Waals surface area contributed by atoms with E-state index in [0.717, 1.165) is 11.1 Å². The molecule has 0 radical (unpaired) electrons. The summed E-state index contributed by atoms with van der Waals surface area (Å²) in [6, 6.07) is 8.77. The van der Waals surface area contributed by atoms with Gasteiger partial charge in [-0.15, -0.1) is 0 Å². The van der Waals surface area contributed by atoms with E-state index in [0.29, 0.717) is 0 Å². The van der Waals surface area contributed by atoms with Crippen molar-refractivity contribution in [3.05, 3.63) is 34.3 Å². The summed E-state index contributed by atoms with van der Waals surface area (Å²) in [5.41, 5.74) is 1.71. The average Bonchev–Trinajstić information content (AvgIpc) is 2.31. The van der Waals surface area contributed by atoms with Crippen LogP contribution in [0.4, 0.5) is 0 Å². The average molecular weight is 283 g/mol. The van der Waals surface area contributed by atoms with Crippen molar-refractivity contribution in [2.45, 2.75) is 37.5 Å². The van der Waals surface area contributed by atoms with Crippen LogP contribution in [0.5, 0.6) is 0 Å². The Morgan fingerprint density at radius 1 is 1.12 bits per heavy atom. The Kier molecular flexibility index (Phi) is 4.04. The van der Waals surface area contributed by atoms with Gasteiger partial charge < -0.3 is 4.74 Å². The van der Waals surface area contributed by atoms with Crippen molar-refractivity contribution in [1.82, 2.24) is 0 Å². The molecule has 0 heterocycles. The highest BCUT2D eigenvalue weighted by atomic mass is 79.9. The fraction of sp³-hybridized carbons (Fsp3) is 0.571. The minimum Gasteiger partial charge on any atom is -0.384 e. The van der Waals surface area contributed by atoms with Crippen molar-refractivity contribution in [2.24, 2.45) is 0 Å². The number of hydrogen-bond donors (Lipinski definition) is 0. The third-order valence-electron chi connectivity index (χ3n) is 3.69. The van der Waals surface area contributed by atoms with E-state index in [9.17, 15) is 0 Å². The second-order valence-corrected chi connectivity index (χ2v) is 5.70. The van der Waals surface area contributed by atoms with E-state index in [-0.39, 0.29) is 5.41 Å². The maximum atomic E-state index is 5.46. The molecule has 0 saturated heterocycles. The molecule has 2 heteroatoms. The molecule has 1 fully saturated rings. The molecule has 0 spiro atoms. The maximum Gasteiger partial charge on any atom is 0.0559 e. The fourth-order valence-electron chi connectivity index (χ4n) is 2.82. The lowest BCUT2D eigenvalue weighted by Crippen LogP contribution is -2.33. The van der Waals surface area contributed by atoms with E-state index in [4.69, 9.17) is 4.74 Å². The van der Waals surface area contributed by atoms with Crippen LogP contribution in [0.2, 0.25) is 0 Å². The predicted molar refractivity (Wildman–Crippen MR) is 70.8 cm³/mol. The van der Waals surface area contributed by atoms with Crippen LogP contribution in [0.15, 0.2) is 28.7 Å². The predicted octanol–water partition coefficient (Wildman–Crippen LogP) is 4.30. The molecule has 1 aromatic carbocycles. The summed E-state index contributed by atoms with van der Waals surface area (Å²) in [5.74, 6) is 0. The Morgan fingerprint density at radius 3 is 2.31 bits per heavy atom. The number of ether oxygens (including phenoxy) is 1. The van der Waals surface area contributed by atoms with E-state index >= 15 is 0 Å². The van der Waals surface area contributed by atoms with Crippen LogP contribution in [-0.2, 0) is 10.2 Å². The Morgan fingerprint density at radius 2 is 1.75 bits per heavy atom. The maximum absolute atomic E-state index is 5.46. The molecule has 0 amide bonds. The van der Waals surface area contributed by atoms with Crippen molar-refractivity contribution < 1.29 is 4.74 Å². The standard InChI is InChI=1S/C14H19BrO/c1-16-11-14(9-3-2-4-10-14)12-5-7-13(15)8-6-12/h5-8H,2-4,9-11H2,1H3. The number of halogens is 1. The van der Waals surface area contributed by atoms with E-state index in [1.807, 2.05) is 7.11 Å². The van der Waals surface area contributed by atoms with Crippen LogP contribution in [0.25, 0.3) is 0 Å². The van der Waals surface area contributed by atoms with Gasteiger partial charge in [-0.25, -0.2) is 0 Å². The van der Waals surface area contributed by atoms with E-state index < -0.39 is 0 Å². The molecule has 0 aliphatic heterocycles. The van der Waals surface area contributed by atoms with Gasteiger partial charge >= 0.3 is 0 Å². The molecule has 0 bridgehead atoms. The van der Waals surface area contributed by atoms with Gasteiger partial charge in [0.25, 0.3) is 0 Å². The molecule has 0 N–H and O–H groups in total. The SMILES string of the molecule is COCC1(c2ccc(Br)cc2)CCCCC1. The highest BCUT2D eigenvalue weighted by molar-refractivity contribution is 9.10. The summed E-state index contributed by atoms with van der Waals surface area (Å²) in [5, 5.41) is 0. The summed E-state index contributed by atoms with van der Waals surface area (Å²) in [4.78, 5) is 0. The number of benzene rings is 1. The molecular formula is C14H19BrO. The Balaban J connectivity index is 2.26. The van der Waals surface area contributed by atoms with E-state index in [2.05, 4.69) is 40.2 Å². The summed E-state index contributed by atoms with van der Waals surface area (Å²) >= 11 is 3.49. The first-order valence-corrected chi connectivity index (χ1v) is 6.81. The van der Waals surface area contributed by atoms with E-state index in [1.165, 1.54) is 37.7 Å². The van der Waals surface area contributed by atoms with Crippen LogP contribution in [0.3, 0.4) is 0 Å². The molecule has 88 valence electrons. The minimum atomic E-state index is 0.272. The molecule has 1 saturated carbocycles. The molecule has 2 rings (SSSR count). The lowest BCUT2D eigenvalue weighted by atomic mass is 9.70. The van der Waals surface area contributed by atoms with Gasteiger partial charge in [0.15, 0.2) is 0 Å². The van der Waals surface area contributed by atoms with Gasteiger partial charge in [-0.1, -0.05) is 47.3 Å². The smallest absolute Gasteiger partial charge is 0.0559 e. The minimum absolute atomic E-state index is 0.272. The van der Waals surface area contributed by atoms with Gasteiger partial charge in [-0.05, 0) is 30.5 Å². The van der Waals surface area contributed by atoms with E-state index in [1.54, 1.807) is 0 Å². The van der Waals surface area contributed by atoms with Gasteiger partial charge in [-0.2, -0.15) is 0 Å². The summed E-state index contributed by atoms with van der Waals surface area (Å²) in [6.45, 7) is 0.856. The Labute approximate surface area is 106 Å². The zero-order chi connectivity index (χ0) is 11.4. The third-order valence-corrected chi connectivity index (χ3v) is 4.22. The monoisotopic (exact) mass is 282 g/mol. The van der Waals surface area contributed by atoms with Gasteiger partial charge in [-0.3, -0.25) is 0 Å². The van der Waals surface area contributed by atoms with Crippen LogP contribution < -0.4 is 0 Å². The summed E-state index contributed by atoms with van der Waals surface area (Å²) in [7, 11) is 1.81. The molecular weight excluding hydrogens is 264 g/mol. The molecule has 1 aliphatic carbocycles. The Hall–Kier alpha value is -0.340. The van der Waals surface area contributed by atoms with Gasteiger partial charge in [0, 0.05) is 17.0 Å². The molecule has 0 unspecified atom stereocenters. The first kappa shape index (κ1) is 12.1. The topological polar surface area (TPSA) is 9.23 Å². The number of rotatable bonds is 3. The number of hydrogen-bond acceptors (Lipinski definition) is 1. The highest BCUT2D eigenvalue weighted by Crippen LogP contribution is 2.39. The zero-order valence-corrected chi connectivity index (χ0v) is 11.4. The second-order valence-electron chi connectivity index (χ2n) is 4.78. The Bertz CT molecular complexity index is 320. The van der Waals surface area contributed by atoms with Crippen molar-refractivity contribution in [3.8, 4) is 0 Å². The lowest BCUT2D eigenvalue weighted by Gasteiger charge is -2.37. The van der Waals surface area contributed by atoms with Gasteiger partial charge in [0.05, 0.1) is 6.61 Å². The van der Waals surface area contributed by atoms with Crippen LogP contribution >= 0.6 is 15.9 Å². The molecule has 1 aromatic rings. The number of methoxy groups -OCH3 is 1. The lowest BCUT2D eigenvalue weighted by molar-refractivity contribution is 0.103. The first-order chi connectivity index (χ1) is 7.77. The third kappa shape index (κ3) is 2.49. The molecule has 1 aliphatic rings. The van der Waals surface area contributed by atoms with Crippen molar-refractivity contribution >= 4 is 15.9 Å². The van der Waals surface area contributed by atoms with Crippen molar-refractivity contribution in [1.29, 1.82) is 0 Å². The van der Waals surface area contributed by atoms with Gasteiger partial charge in [0.2, 0.25) is 0 Å². The van der Waals surface area contributed by atoms with Crippen LogP contribution in [0, 0.1) is 0 Å². The van der Waals surface area contributed by atoms with Gasteiger partial charge in [0.1, 0.15) is 0 Å². The van der Waals surface area contributed by atoms with Crippen LogP contribution in [0.1, 0.15) is 37.7 Å².